The SMILES string of the molecule is Cc1cc[n+](CCCNC(=O)OC(C)(C)C)c2ccccc12. The molecule has 0 bridgehead atoms. The van der Waals surface area contributed by atoms with Crippen LogP contribution in [-0.2, 0) is 11.3 Å². The van der Waals surface area contributed by atoms with Crippen molar-refractivity contribution in [1.29, 1.82) is 0 Å². The van der Waals surface area contributed by atoms with Crippen LogP contribution in [0, 0.1) is 6.92 Å². The third kappa shape index (κ3) is 4.45. The molecule has 4 heteroatoms. The number of hydrogen-bond acceptors (Lipinski definition) is 2. The molecule has 1 aromatic heterocycles. The number of rotatable bonds is 4. The molecule has 118 valence electrons. The van der Waals surface area contributed by atoms with E-state index in [1.807, 2.05) is 20.8 Å². The molecule has 0 aliphatic carbocycles. The van der Waals surface area contributed by atoms with Crippen LogP contribution < -0.4 is 9.88 Å². The van der Waals surface area contributed by atoms with Crippen molar-refractivity contribution in [2.75, 3.05) is 6.54 Å². The standard InChI is InChI=1S/C18H24N2O2/c1-14-10-13-20(16-9-6-5-8-15(14)16)12-7-11-19-17(21)22-18(2,3)4/h5-6,8-10,13H,7,11-12H2,1-4H3/p+1. The van der Waals surface area contributed by atoms with E-state index in [-0.39, 0.29) is 6.09 Å². The average Bonchev–Trinajstić information content (AvgIpc) is 2.44. The first-order valence-electron chi connectivity index (χ1n) is 7.71. The third-order valence-corrected chi connectivity index (χ3v) is 3.39. The second-order valence-electron chi connectivity index (χ2n) is 6.49. The van der Waals surface area contributed by atoms with Crippen LogP contribution in [0.2, 0.25) is 0 Å². The number of para-hydroxylation sites is 1. The van der Waals surface area contributed by atoms with Gasteiger partial charge in [0.05, 0.1) is 0 Å². The number of amides is 1. The highest BCUT2D eigenvalue weighted by molar-refractivity contribution is 5.78. The number of alkyl carbamates (subject to hydrolysis) is 1. The van der Waals surface area contributed by atoms with Gasteiger partial charge in [-0.25, -0.2) is 4.79 Å². The summed E-state index contributed by atoms with van der Waals surface area (Å²) in [6.45, 7) is 9.17. The van der Waals surface area contributed by atoms with Gasteiger partial charge in [-0.3, -0.25) is 0 Å². The monoisotopic (exact) mass is 301 g/mol. The molecule has 4 nitrogen and oxygen atoms in total. The van der Waals surface area contributed by atoms with E-state index in [4.69, 9.17) is 4.74 Å². The zero-order valence-corrected chi connectivity index (χ0v) is 13.8. The van der Waals surface area contributed by atoms with Gasteiger partial charge in [0.15, 0.2) is 12.7 Å². The van der Waals surface area contributed by atoms with Crippen molar-refractivity contribution in [2.24, 2.45) is 0 Å². The van der Waals surface area contributed by atoms with Crippen LogP contribution in [0.1, 0.15) is 32.8 Å². The summed E-state index contributed by atoms with van der Waals surface area (Å²) in [7, 11) is 0. The molecule has 0 radical (unpaired) electrons. The zero-order valence-electron chi connectivity index (χ0n) is 13.8. The van der Waals surface area contributed by atoms with Gasteiger partial charge in [0, 0.05) is 30.5 Å². The van der Waals surface area contributed by atoms with Crippen molar-refractivity contribution in [1.82, 2.24) is 5.32 Å². The molecule has 0 aliphatic heterocycles. The molecule has 0 aliphatic rings. The summed E-state index contributed by atoms with van der Waals surface area (Å²) in [6, 6.07) is 10.5. The van der Waals surface area contributed by atoms with E-state index in [1.54, 1.807) is 0 Å². The Hall–Kier alpha value is -2.10. The maximum Gasteiger partial charge on any atom is 0.407 e. The molecule has 1 heterocycles. The summed E-state index contributed by atoms with van der Waals surface area (Å²) in [5.74, 6) is 0. The molecule has 0 atom stereocenters. The number of benzene rings is 1. The lowest BCUT2D eigenvalue weighted by Crippen LogP contribution is -2.38. The van der Waals surface area contributed by atoms with E-state index < -0.39 is 5.60 Å². The molecule has 0 fully saturated rings. The average molecular weight is 301 g/mol. The van der Waals surface area contributed by atoms with Crippen molar-refractivity contribution in [3.8, 4) is 0 Å². The minimum atomic E-state index is -0.452. The topological polar surface area (TPSA) is 42.2 Å². The summed E-state index contributed by atoms with van der Waals surface area (Å²) in [5.41, 5.74) is 2.05. The number of fused-ring (bicyclic) bond motifs is 1. The van der Waals surface area contributed by atoms with Crippen LogP contribution >= 0.6 is 0 Å². The van der Waals surface area contributed by atoms with E-state index in [2.05, 4.69) is 53.3 Å². The first kappa shape index (κ1) is 16.3. The summed E-state index contributed by atoms with van der Waals surface area (Å²) < 4.78 is 7.44. The minimum absolute atomic E-state index is 0.355. The van der Waals surface area contributed by atoms with Crippen LogP contribution in [-0.4, -0.2) is 18.2 Å². The van der Waals surface area contributed by atoms with Gasteiger partial charge in [0.2, 0.25) is 5.52 Å². The maximum atomic E-state index is 11.6. The number of nitrogens with zero attached hydrogens (tertiary/aromatic N) is 1. The summed E-state index contributed by atoms with van der Waals surface area (Å²) in [5, 5.41) is 4.06. The number of carbonyl (C=O) groups excluding carboxylic acids is 1. The minimum Gasteiger partial charge on any atom is -0.444 e. The molecule has 1 amide bonds. The van der Waals surface area contributed by atoms with E-state index in [0.29, 0.717) is 6.54 Å². The number of carbonyl (C=O) groups is 1. The Bertz CT molecular complexity index is 660. The number of pyridine rings is 1. The van der Waals surface area contributed by atoms with Crippen LogP contribution in [0.3, 0.4) is 0 Å². The highest BCUT2D eigenvalue weighted by atomic mass is 16.6. The molecular formula is C18H25N2O2+. The van der Waals surface area contributed by atoms with E-state index in [1.165, 1.54) is 16.5 Å². The Morgan fingerprint density at radius 1 is 1.23 bits per heavy atom. The predicted octanol–water partition coefficient (Wildman–Crippen LogP) is 3.35. The van der Waals surface area contributed by atoms with Crippen molar-refractivity contribution >= 4 is 17.0 Å². The predicted molar refractivity (Wildman–Crippen MR) is 87.7 cm³/mol. The molecule has 2 rings (SSSR count). The smallest absolute Gasteiger partial charge is 0.407 e. The molecular weight excluding hydrogens is 276 g/mol. The van der Waals surface area contributed by atoms with Gasteiger partial charge >= 0.3 is 6.09 Å². The lowest BCUT2D eigenvalue weighted by molar-refractivity contribution is -0.671. The van der Waals surface area contributed by atoms with Gasteiger partial charge in [-0.15, -0.1) is 0 Å². The number of nitrogens with one attached hydrogen (secondary N) is 1. The molecule has 1 aromatic carbocycles. The Morgan fingerprint density at radius 3 is 2.68 bits per heavy atom. The van der Waals surface area contributed by atoms with Gasteiger partial charge in [0.25, 0.3) is 0 Å². The first-order chi connectivity index (χ1) is 10.4. The fourth-order valence-electron chi connectivity index (χ4n) is 2.38. The van der Waals surface area contributed by atoms with E-state index in [0.717, 1.165) is 13.0 Å². The van der Waals surface area contributed by atoms with Gasteiger partial charge < -0.3 is 10.1 Å². The second kappa shape index (κ2) is 6.77. The summed E-state index contributed by atoms with van der Waals surface area (Å²) >= 11 is 0. The Kier molecular flexibility index (Phi) is 5.01. The van der Waals surface area contributed by atoms with Crippen LogP contribution in [0.4, 0.5) is 4.79 Å². The number of hydrogen-bond donors (Lipinski definition) is 1. The van der Waals surface area contributed by atoms with Crippen molar-refractivity contribution < 1.29 is 14.1 Å². The largest absolute Gasteiger partial charge is 0.444 e. The van der Waals surface area contributed by atoms with Crippen LogP contribution in [0.5, 0.6) is 0 Å². The van der Waals surface area contributed by atoms with Crippen LogP contribution in [0.15, 0.2) is 36.5 Å². The van der Waals surface area contributed by atoms with Gasteiger partial charge in [-0.2, -0.15) is 4.57 Å². The highest BCUT2D eigenvalue weighted by Crippen LogP contribution is 2.13. The molecule has 22 heavy (non-hydrogen) atoms. The summed E-state index contributed by atoms with van der Waals surface area (Å²) in [6.07, 6.45) is 2.61. The van der Waals surface area contributed by atoms with Gasteiger partial charge in [0.1, 0.15) is 5.60 Å². The Morgan fingerprint density at radius 2 is 1.95 bits per heavy atom. The van der Waals surface area contributed by atoms with Gasteiger partial charge in [-0.05, 0) is 39.3 Å². The quantitative estimate of drug-likeness (QED) is 0.695. The fourth-order valence-corrected chi connectivity index (χ4v) is 2.38. The summed E-state index contributed by atoms with van der Waals surface area (Å²) in [4.78, 5) is 11.6. The van der Waals surface area contributed by atoms with E-state index in [9.17, 15) is 4.79 Å². The highest BCUT2D eigenvalue weighted by Gasteiger charge is 2.16. The Balaban J connectivity index is 1.91. The normalized spacial score (nSPS) is 11.5. The molecule has 0 saturated heterocycles. The molecule has 1 N–H and O–H groups in total. The number of aryl methyl sites for hydroxylation is 2. The Labute approximate surface area is 132 Å². The second-order valence-corrected chi connectivity index (χ2v) is 6.49. The molecule has 2 aromatic rings. The molecule has 0 unspecified atom stereocenters. The fraction of sp³-hybridized carbons (Fsp3) is 0.444. The molecule has 0 saturated carbocycles. The molecule has 0 spiro atoms. The van der Waals surface area contributed by atoms with Gasteiger partial charge in [-0.1, -0.05) is 12.1 Å². The number of aromatic nitrogens is 1. The van der Waals surface area contributed by atoms with Crippen LogP contribution in [0.25, 0.3) is 10.9 Å². The maximum absolute atomic E-state index is 11.6. The lowest BCUT2D eigenvalue weighted by atomic mass is 10.1. The van der Waals surface area contributed by atoms with Crippen molar-refractivity contribution in [2.45, 2.75) is 46.3 Å². The third-order valence-electron chi connectivity index (χ3n) is 3.39. The zero-order chi connectivity index (χ0) is 16.2. The van der Waals surface area contributed by atoms with Crippen molar-refractivity contribution in [3.63, 3.8) is 0 Å². The van der Waals surface area contributed by atoms with E-state index >= 15 is 0 Å². The first-order valence-corrected chi connectivity index (χ1v) is 7.71. The lowest BCUT2D eigenvalue weighted by Gasteiger charge is -2.19. The number of ether oxygens (including phenoxy) is 1. The van der Waals surface area contributed by atoms with Crippen molar-refractivity contribution in [3.05, 3.63) is 42.1 Å².